The lowest BCUT2D eigenvalue weighted by Crippen LogP contribution is -1.83. The SMILES string of the molecule is Cc1ccccc1-c1cccc2[nH]ncc12. The van der Waals surface area contributed by atoms with E-state index in [1.807, 2.05) is 12.3 Å². The summed E-state index contributed by atoms with van der Waals surface area (Å²) < 4.78 is 0. The predicted molar refractivity (Wildman–Crippen MR) is 66.3 cm³/mol. The summed E-state index contributed by atoms with van der Waals surface area (Å²) in [5.41, 5.74) is 4.89. The van der Waals surface area contributed by atoms with E-state index in [1.165, 1.54) is 22.1 Å². The monoisotopic (exact) mass is 208 g/mol. The molecule has 1 heterocycles. The third-order valence-electron chi connectivity index (χ3n) is 2.92. The Kier molecular flexibility index (Phi) is 2.00. The van der Waals surface area contributed by atoms with Crippen LogP contribution in [0.3, 0.4) is 0 Å². The highest BCUT2D eigenvalue weighted by Crippen LogP contribution is 2.29. The molecule has 0 aliphatic carbocycles. The lowest BCUT2D eigenvalue weighted by molar-refractivity contribution is 1.12. The Bertz CT molecular complexity index is 638. The van der Waals surface area contributed by atoms with Crippen LogP contribution in [-0.4, -0.2) is 10.2 Å². The van der Waals surface area contributed by atoms with Gasteiger partial charge in [0.05, 0.1) is 11.7 Å². The topological polar surface area (TPSA) is 28.7 Å². The van der Waals surface area contributed by atoms with Crippen molar-refractivity contribution in [1.29, 1.82) is 0 Å². The number of hydrogen-bond acceptors (Lipinski definition) is 1. The molecule has 0 radical (unpaired) electrons. The lowest BCUT2D eigenvalue weighted by Gasteiger charge is -2.06. The van der Waals surface area contributed by atoms with Crippen molar-refractivity contribution in [1.82, 2.24) is 10.2 Å². The van der Waals surface area contributed by atoms with Crippen LogP contribution in [0.1, 0.15) is 5.56 Å². The maximum Gasteiger partial charge on any atom is 0.0656 e. The maximum atomic E-state index is 4.09. The number of aromatic nitrogens is 2. The third kappa shape index (κ3) is 1.31. The van der Waals surface area contributed by atoms with Crippen molar-refractivity contribution in [2.45, 2.75) is 6.92 Å². The molecule has 2 aromatic carbocycles. The first-order chi connectivity index (χ1) is 7.86. The van der Waals surface area contributed by atoms with Crippen LogP contribution in [0.4, 0.5) is 0 Å². The molecule has 0 amide bonds. The number of aromatic amines is 1. The minimum atomic E-state index is 1.08. The van der Waals surface area contributed by atoms with Gasteiger partial charge in [0.15, 0.2) is 0 Å². The van der Waals surface area contributed by atoms with E-state index < -0.39 is 0 Å². The summed E-state index contributed by atoms with van der Waals surface area (Å²) in [6.07, 6.45) is 1.89. The van der Waals surface area contributed by atoms with Crippen LogP contribution in [0.15, 0.2) is 48.7 Å². The van der Waals surface area contributed by atoms with Gasteiger partial charge in [0.1, 0.15) is 0 Å². The van der Waals surface area contributed by atoms with Gasteiger partial charge in [0.2, 0.25) is 0 Å². The molecular weight excluding hydrogens is 196 g/mol. The van der Waals surface area contributed by atoms with Crippen LogP contribution in [0.2, 0.25) is 0 Å². The molecule has 0 aliphatic rings. The Morgan fingerprint density at radius 3 is 2.62 bits per heavy atom. The van der Waals surface area contributed by atoms with Gasteiger partial charge in [0.25, 0.3) is 0 Å². The quantitative estimate of drug-likeness (QED) is 0.651. The Morgan fingerprint density at radius 2 is 1.75 bits per heavy atom. The highest BCUT2D eigenvalue weighted by molar-refractivity contribution is 5.94. The first-order valence-electron chi connectivity index (χ1n) is 5.34. The summed E-state index contributed by atoms with van der Waals surface area (Å²) in [6.45, 7) is 2.13. The fourth-order valence-electron chi connectivity index (χ4n) is 2.08. The molecule has 1 N–H and O–H groups in total. The number of aryl methyl sites for hydroxylation is 1. The maximum absolute atomic E-state index is 4.09. The van der Waals surface area contributed by atoms with Gasteiger partial charge in [-0.15, -0.1) is 0 Å². The van der Waals surface area contributed by atoms with Gasteiger partial charge in [-0.2, -0.15) is 5.10 Å². The number of benzene rings is 2. The summed E-state index contributed by atoms with van der Waals surface area (Å²) >= 11 is 0. The van der Waals surface area contributed by atoms with Gasteiger partial charge in [0, 0.05) is 5.39 Å². The molecule has 16 heavy (non-hydrogen) atoms. The number of fused-ring (bicyclic) bond motifs is 1. The highest BCUT2D eigenvalue weighted by atomic mass is 15.1. The molecule has 0 atom stereocenters. The van der Waals surface area contributed by atoms with Gasteiger partial charge in [-0.05, 0) is 29.7 Å². The molecule has 0 saturated heterocycles. The van der Waals surface area contributed by atoms with Crippen LogP contribution in [0.5, 0.6) is 0 Å². The molecule has 1 aromatic heterocycles. The second kappa shape index (κ2) is 3.49. The van der Waals surface area contributed by atoms with E-state index >= 15 is 0 Å². The summed E-state index contributed by atoms with van der Waals surface area (Å²) in [4.78, 5) is 0. The van der Waals surface area contributed by atoms with Crippen molar-refractivity contribution < 1.29 is 0 Å². The van der Waals surface area contributed by atoms with Gasteiger partial charge in [-0.25, -0.2) is 0 Å². The highest BCUT2D eigenvalue weighted by Gasteiger charge is 2.06. The first kappa shape index (κ1) is 9.16. The first-order valence-corrected chi connectivity index (χ1v) is 5.34. The molecule has 0 fully saturated rings. The number of hydrogen-bond donors (Lipinski definition) is 1. The molecular formula is C14H12N2. The summed E-state index contributed by atoms with van der Waals surface area (Å²) in [5, 5.41) is 8.27. The van der Waals surface area contributed by atoms with Crippen LogP contribution in [0.25, 0.3) is 22.0 Å². The molecule has 0 aliphatic heterocycles. The second-order valence-electron chi connectivity index (χ2n) is 3.95. The van der Waals surface area contributed by atoms with Crippen LogP contribution < -0.4 is 0 Å². The third-order valence-corrected chi connectivity index (χ3v) is 2.92. The lowest BCUT2D eigenvalue weighted by atomic mass is 9.98. The molecule has 3 rings (SSSR count). The van der Waals surface area contributed by atoms with Crippen molar-refractivity contribution in [2.24, 2.45) is 0 Å². The largest absolute Gasteiger partial charge is 0.278 e. The van der Waals surface area contributed by atoms with Crippen molar-refractivity contribution in [3.8, 4) is 11.1 Å². The van der Waals surface area contributed by atoms with Gasteiger partial charge in [-0.3, -0.25) is 5.10 Å². The molecule has 0 spiro atoms. The normalized spacial score (nSPS) is 10.8. The zero-order valence-corrected chi connectivity index (χ0v) is 9.07. The van der Waals surface area contributed by atoms with Crippen LogP contribution in [-0.2, 0) is 0 Å². The molecule has 0 unspecified atom stereocenters. The molecule has 3 aromatic rings. The minimum absolute atomic E-state index is 1.08. The average Bonchev–Trinajstić information content (AvgIpc) is 2.77. The summed E-state index contributed by atoms with van der Waals surface area (Å²) in [6, 6.07) is 14.7. The Balaban J connectivity index is 2.34. The van der Waals surface area contributed by atoms with E-state index in [9.17, 15) is 0 Å². The number of H-pyrrole nitrogens is 1. The van der Waals surface area contributed by atoms with E-state index in [1.54, 1.807) is 0 Å². The standard InChI is InChI=1S/C14H12N2/c1-10-5-2-3-6-11(10)12-7-4-8-14-13(12)9-15-16-14/h2-9H,1H3,(H,15,16). The van der Waals surface area contributed by atoms with Crippen molar-refractivity contribution in [2.75, 3.05) is 0 Å². The number of nitrogens with zero attached hydrogens (tertiary/aromatic N) is 1. The molecule has 0 bridgehead atoms. The zero-order valence-electron chi connectivity index (χ0n) is 9.07. The van der Waals surface area contributed by atoms with E-state index in [4.69, 9.17) is 0 Å². The predicted octanol–water partition coefficient (Wildman–Crippen LogP) is 3.54. The minimum Gasteiger partial charge on any atom is -0.278 e. The molecule has 2 nitrogen and oxygen atoms in total. The van der Waals surface area contributed by atoms with Gasteiger partial charge in [-0.1, -0.05) is 36.4 Å². The molecule has 2 heteroatoms. The summed E-state index contributed by atoms with van der Waals surface area (Å²) in [5.74, 6) is 0. The van der Waals surface area contributed by atoms with Crippen molar-refractivity contribution >= 4 is 10.9 Å². The fraction of sp³-hybridized carbons (Fsp3) is 0.0714. The van der Waals surface area contributed by atoms with Crippen molar-refractivity contribution in [3.63, 3.8) is 0 Å². The average molecular weight is 208 g/mol. The fourth-order valence-corrected chi connectivity index (χ4v) is 2.08. The second-order valence-corrected chi connectivity index (χ2v) is 3.95. The molecule has 0 saturated carbocycles. The van der Waals surface area contributed by atoms with E-state index in [0.29, 0.717) is 0 Å². The van der Waals surface area contributed by atoms with E-state index in [-0.39, 0.29) is 0 Å². The molecule has 78 valence electrons. The van der Waals surface area contributed by atoms with Gasteiger partial charge < -0.3 is 0 Å². The van der Waals surface area contributed by atoms with E-state index in [2.05, 4.69) is 53.5 Å². The zero-order chi connectivity index (χ0) is 11.0. The van der Waals surface area contributed by atoms with E-state index in [0.717, 1.165) is 5.52 Å². The Hall–Kier alpha value is -2.09. The number of rotatable bonds is 1. The Labute approximate surface area is 93.9 Å². The van der Waals surface area contributed by atoms with Crippen LogP contribution in [0, 0.1) is 6.92 Å². The van der Waals surface area contributed by atoms with Gasteiger partial charge >= 0.3 is 0 Å². The Morgan fingerprint density at radius 1 is 0.938 bits per heavy atom. The number of nitrogens with one attached hydrogen (secondary N) is 1. The van der Waals surface area contributed by atoms with Crippen molar-refractivity contribution in [3.05, 3.63) is 54.2 Å². The summed E-state index contributed by atoms with van der Waals surface area (Å²) in [7, 11) is 0. The smallest absolute Gasteiger partial charge is 0.0656 e. The van der Waals surface area contributed by atoms with Crippen LogP contribution >= 0.6 is 0 Å².